The van der Waals surface area contributed by atoms with E-state index in [0.29, 0.717) is 16.7 Å². The van der Waals surface area contributed by atoms with Crippen LogP contribution in [0, 0.1) is 6.92 Å². The van der Waals surface area contributed by atoms with Gasteiger partial charge in [-0.05, 0) is 57.2 Å². The van der Waals surface area contributed by atoms with Crippen molar-refractivity contribution in [3.63, 3.8) is 0 Å². The first-order chi connectivity index (χ1) is 13.9. The third-order valence-electron chi connectivity index (χ3n) is 4.73. The zero-order chi connectivity index (χ0) is 21.0. The zero-order valence-corrected chi connectivity index (χ0v) is 20.0. The third kappa shape index (κ3) is 5.64. The Morgan fingerprint density at radius 3 is 2.57 bits per heavy atom. The summed E-state index contributed by atoms with van der Waals surface area (Å²) in [6, 6.07) is 11.4. The molecule has 8 heteroatoms. The molecular formula is C22H27Cl2N3O2S. The molecule has 30 heavy (non-hydrogen) atoms. The van der Waals surface area contributed by atoms with Crippen LogP contribution in [0.25, 0.3) is 10.2 Å². The van der Waals surface area contributed by atoms with Crippen LogP contribution in [0.5, 0.6) is 5.75 Å². The van der Waals surface area contributed by atoms with Gasteiger partial charge in [-0.1, -0.05) is 47.2 Å². The Hall–Kier alpha value is -1.86. The molecule has 0 atom stereocenters. The molecule has 0 aliphatic heterocycles. The molecule has 3 rings (SSSR count). The number of amides is 1. The van der Waals surface area contributed by atoms with Gasteiger partial charge >= 0.3 is 0 Å². The molecule has 1 heterocycles. The number of hydrogen-bond donors (Lipinski definition) is 0. The first-order valence-corrected chi connectivity index (χ1v) is 10.7. The van der Waals surface area contributed by atoms with Crippen molar-refractivity contribution in [3.8, 4) is 5.75 Å². The largest absolute Gasteiger partial charge is 0.494 e. The molecular weight excluding hydrogens is 441 g/mol. The number of thiazole rings is 1. The molecule has 0 aliphatic carbocycles. The SMILES string of the molecule is COc1ccc(C)c2sc(N(CCCN(C)C)C(=O)Cc3ccccc3Cl)nc12.Cl. The maximum absolute atomic E-state index is 13.2. The number of methoxy groups -OCH3 is 1. The van der Waals surface area contributed by atoms with Gasteiger partial charge in [0.15, 0.2) is 5.13 Å². The van der Waals surface area contributed by atoms with Crippen LogP contribution in [0.2, 0.25) is 5.02 Å². The van der Waals surface area contributed by atoms with E-state index in [1.165, 1.54) is 11.3 Å². The van der Waals surface area contributed by atoms with Gasteiger partial charge in [0.1, 0.15) is 11.3 Å². The summed E-state index contributed by atoms with van der Waals surface area (Å²) in [6.07, 6.45) is 1.10. The lowest BCUT2D eigenvalue weighted by Crippen LogP contribution is -2.34. The molecule has 0 saturated carbocycles. The van der Waals surface area contributed by atoms with E-state index in [1.54, 1.807) is 12.0 Å². The number of nitrogens with zero attached hydrogens (tertiary/aromatic N) is 3. The van der Waals surface area contributed by atoms with E-state index in [4.69, 9.17) is 21.3 Å². The van der Waals surface area contributed by atoms with Crippen molar-refractivity contribution >= 4 is 56.6 Å². The summed E-state index contributed by atoms with van der Waals surface area (Å²) in [5.74, 6) is 0.715. The second-order valence-corrected chi connectivity index (χ2v) is 8.61. The maximum atomic E-state index is 13.2. The smallest absolute Gasteiger partial charge is 0.233 e. The summed E-state index contributed by atoms with van der Waals surface area (Å²) >= 11 is 7.81. The first-order valence-electron chi connectivity index (χ1n) is 9.53. The molecule has 2 aromatic carbocycles. The van der Waals surface area contributed by atoms with Gasteiger partial charge < -0.3 is 9.64 Å². The highest BCUT2D eigenvalue weighted by Crippen LogP contribution is 2.36. The number of benzene rings is 2. The Morgan fingerprint density at radius 2 is 1.90 bits per heavy atom. The Labute approximate surface area is 193 Å². The van der Waals surface area contributed by atoms with Crippen LogP contribution >= 0.6 is 35.3 Å². The summed E-state index contributed by atoms with van der Waals surface area (Å²) in [4.78, 5) is 21.9. The van der Waals surface area contributed by atoms with Crippen molar-refractivity contribution in [2.45, 2.75) is 19.8 Å². The summed E-state index contributed by atoms with van der Waals surface area (Å²) in [6.45, 7) is 3.54. The molecule has 0 radical (unpaired) electrons. The van der Waals surface area contributed by atoms with Gasteiger partial charge in [0.25, 0.3) is 0 Å². The van der Waals surface area contributed by atoms with Crippen molar-refractivity contribution in [3.05, 3.63) is 52.5 Å². The summed E-state index contributed by atoms with van der Waals surface area (Å²) < 4.78 is 6.52. The fourth-order valence-electron chi connectivity index (χ4n) is 3.15. The minimum Gasteiger partial charge on any atom is -0.494 e. The highest BCUT2D eigenvalue weighted by Gasteiger charge is 2.22. The predicted octanol–water partition coefficient (Wildman–Crippen LogP) is 5.22. The van der Waals surface area contributed by atoms with Crippen LogP contribution < -0.4 is 9.64 Å². The molecule has 0 aliphatic rings. The van der Waals surface area contributed by atoms with Gasteiger partial charge in [-0.2, -0.15) is 0 Å². The standard InChI is InChI=1S/C22H26ClN3O2S.ClH/c1-15-10-11-18(28-4)20-21(15)29-22(24-20)26(13-7-12-25(2)3)19(27)14-16-8-5-6-9-17(16)23;/h5-6,8-11H,7,12-14H2,1-4H3;1H. The van der Waals surface area contributed by atoms with E-state index in [1.807, 2.05) is 57.4 Å². The summed E-state index contributed by atoms with van der Waals surface area (Å²) in [5.41, 5.74) is 2.75. The van der Waals surface area contributed by atoms with Gasteiger partial charge in [-0.25, -0.2) is 4.98 Å². The van der Waals surface area contributed by atoms with Crippen molar-refractivity contribution in [1.82, 2.24) is 9.88 Å². The molecule has 0 spiro atoms. The quantitative estimate of drug-likeness (QED) is 0.455. The van der Waals surface area contributed by atoms with E-state index in [0.717, 1.165) is 40.1 Å². The van der Waals surface area contributed by atoms with E-state index in [-0.39, 0.29) is 24.7 Å². The second kappa shape index (κ2) is 11.0. The molecule has 5 nitrogen and oxygen atoms in total. The van der Waals surface area contributed by atoms with Crippen LogP contribution in [0.3, 0.4) is 0 Å². The Kier molecular flexibility index (Phi) is 8.92. The number of ether oxygens (including phenoxy) is 1. The Bertz CT molecular complexity index is 1010. The number of rotatable bonds is 8. The first kappa shape index (κ1) is 24.4. The van der Waals surface area contributed by atoms with Crippen LogP contribution in [0.15, 0.2) is 36.4 Å². The van der Waals surface area contributed by atoms with E-state index in [2.05, 4.69) is 4.90 Å². The van der Waals surface area contributed by atoms with Gasteiger partial charge in [0, 0.05) is 11.6 Å². The molecule has 1 amide bonds. The Balaban J connectivity index is 0.00000320. The monoisotopic (exact) mass is 467 g/mol. The number of carbonyl (C=O) groups is 1. The highest BCUT2D eigenvalue weighted by atomic mass is 35.5. The fraction of sp³-hybridized carbons (Fsp3) is 0.364. The van der Waals surface area contributed by atoms with E-state index < -0.39 is 0 Å². The van der Waals surface area contributed by atoms with Crippen LogP contribution in [-0.4, -0.2) is 50.1 Å². The zero-order valence-electron chi connectivity index (χ0n) is 17.6. The lowest BCUT2D eigenvalue weighted by molar-refractivity contribution is -0.118. The molecule has 0 fully saturated rings. The number of carbonyl (C=O) groups excluding carboxylic acids is 1. The molecule has 1 aromatic heterocycles. The molecule has 0 bridgehead atoms. The van der Waals surface area contributed by atoms with Crippen molar-refractivity contribution in [2.75, 3.05) is 39.2 Å². The van der Waals surface area contributed by atoms with Crippen LogP contribution in [0.4, 0.5) is 5.13 Å². The normalized spacial score (nSPS) is 10.9. The van der Waals surface area contributed by atoms with Crippen molar-refractivity contribution in [2.24, 2.45) is 0 Å². The Morgan fingerprint density at radius 1 is 1.17 bits per heavy atom. The summed E-state index contributed by atoms with van der Waals surface area (Å²) in [5, 5.41) is 1.30. The number of halogens is 2. The molecule has 3 aromatic rings. The minimum absolute atomic E-state index is 0. The maximum Gasteiger partial charge on any atom is 0.233 e. The predicted molar refractivity (Wildman–Crippen MR) is 129 cm³/mol. The minimum atomic E-state index is -0.00691. The summed E-state index contributed by atoms with van der Waals surface area (Å²) in [7, 11) is 5.70. The van der Waals surface area contributed by atoms with Crippen LogP contribution in [-0.2, 0) is 11.2 Å². The number of aromatic nitrogens is 1. The molecule has 0 N–H and O–H groups in total. The van der Waals surface area contributed by atoms with Gasteiger partial charge in [0.05, 0.1) is 18.2 Å². The number of aryl methyl sites for hydroxylation is 1. The van der Waals surface area contributed by atoms with E-state index in [9.17, 15) is 4.79 Å². The van der Waals surface area contributed by atoms with Crippen LogP contribution in [0.1, 0.15) is 17.5 Å². The fourth-order valence-corrected chi connectivity index (χ4v) is 4.45. The molecule has 0 unspecified atom stereocenters. The van der Waals surface area contributed by atoms with Crippen molar-refractivity contribution < 1.29 is 9.53 Å². The van der Waals surface area contributed by atoms with Gasteiger partial charge in [-0.15, -0.1) is 12.4 Å². The number of fused-ring (bicyclic) bond motifs is 1. The van der Waals surface area contributed by atoms with Crippen molar-refractivity contribution in [1.29, 1.82) is 0 Å². The lowest BCUT2D eigenvalue weighted by atomic mass is 10.1. The molecule has 0 saturated heterocycles. The highest BCUT2D eigenvalue weighted by molar-refractivity contribution is 7.22. The third-order valence-corrected chi connectivity index (χ3v) is 6.31. The van der Waals surface area contributed by atoms with E-state index >= 15 is 0 Å². The number of hydrogen-bond acceptors (Lipinski definition) is 5. The topological polar surface area (TPSA) is 45.7 Å². The number of anilines is 1. The average Bonchev–Trinajstić information content (AvgIpc) is 3.13. The van der Waals surface area contributed by atoms with Gasteiger partial charge in [0.2, 0.25) is 5.91 Å². The van der Waals surface area contributed by atoms with Gasteiger partial charge in [-0.3, -0.25) is 9.69 Å². The lowest BCUT2D eigenvalue weighted by Gasteiger charge is -2.21. The second-order valence-electron chi connectivity index (χ2n) is 7.23. The molecule has 162 valence electrons. The average molecular weight is 468 g/mol.